The Morgan fingerprint density at radius 3 is 1.67 bits per heavy atom. The first-order valence-electron chi connectivity index (χ1n) is 2.85. The number of carbonyl (C=O) groups excluding carboxylic acids is 1. The van der Waals surface area contributed by atoms with E-state index < -0.39 is 23.9 Å². The Kier molecular flexibility index (Phi) is 2.79. The molecule has 0 saturated carbocycles. The van der Waals surface area contributed by atoms with Crippen LogP contribution in [0, 0.1) is 0 Å². The van der Waals surface area contributed by atoms with Gasteiger partial charge in [-0.25, -0.2) is 0 Å². The van der Waals surface area contributed by atoms with Crippen molar-refractivity contribution in [2.45, 2.75) is 25.1 Å². The third-order valence-electron chi connectivity index (χ3n) is 1.13. The lowest BCUT2D eigenvalue weighted by Gasteiger charge is -2.19. The largest absolute Gasteiger partial charge is 0.456 e. The number of carbonyl (C=O) groups is 1. The Morgan fingerprint density at radius 2 is 1.58 bits per heavy atom. The lowest BCUT2D eigenvalue weighted by Crippen LogP contribution is -2.50. The number of nitrogens with two attached hydrogens (primary N) is 1. The van der Waals surface area contributed by atoms with Crippen LogP contribution in [0.1, 0.15) is 6.92 Å². The summed E-state index contributed by atoms with van der Waals surface area (Å²) in [4.78, 5) is 9.97. The van der Waals surface area contributed by atoms with Crippen molar-refractivity contribution in [1.82, 2.24) is 0 Å². The molecule has 0 aliphatic carbocycles. The summed E-state index contributed by atoms with van der Waals surface area (Å²) in [6, 6.07) is -2.15. The van der Waals surface area contributed by atoms with Gasteiger partial charge in [-0.05, 0) is 6.92 Å². The van der Waals surface area contributed by atoms with E-state index in [4.69, 9.17) is 0 Å². The monoisotopic (exact) mass is 191 g/mol. The van der Waals surface area contributed by atoms with Crippen molar-refractivity contribution in [3.63, 3.8) is 0 Å². The fourth-order valence-electron chi connectivity index (χ4n) is 0.396. The molecule has 0 radical (unpaired) electrons. The van der Waals surface area contributed by atoms with Gasteiger partial charge in [0.1, 0.15) is 0 Å². The maximum Gasteiger partial charge on any atom is 0.456 e. The van der Waals surface area contributed by atoms with Crippen LogP contribution in [0.3, 0.4) is 0 Å². The van der Waals surface area contributed by atoms with Crippen LogP contribution in [0.15, 0.2) is 0 Å². The van der Waals surface area contributed by atoms with Crippen LogP contribution in [0.4, 0.5) is 22.0 Å². The number of hydrogen-bond donors (Lipinski definition) is 1. The Hall–Kier alpha value is -0.720. The van der Waals surface area contributed by atoms with Gasteiger partial charge in [0.15, 0.2) is 0 Å². The van der Waals surface area contributed by atoms with Crippen molar-refractivity contribution in [1.29, 1.82) is 0 Å². The molecule has 0 fully saturated rings. The zero-order valence-corrected chi connectivity index (χ0v) is 5.95. The van der Waals surface area contributed by atoms with Gasteiger partial charge in [-0.15, -0.1) is 0 Å². The van der Waals surface area contributed by atoms with E-state index in [2.05, 4.69) is 5.73 Å². The van der Waals surface area contributed by atoms with E-state index in [9.17, 15) is 26.7 Å². The minimum Gasteiger partial charge on any atom is -0.322 e. The second-order valence-electron chi connectivity index (χ2n) is 2.24. The van der Waals surface area contributed by atoms with Crippen LogP contribution >= 0.6 is 0 Å². The summed E-state index contributed by atoms with van der Waals surface area (Å²) in [6.07, 6.45) is -5.54. The summed E-state index contributed by atoms with van der Waals surface area (Å²) in [5.41, 5.74) is 4.50. The quantitative estimate of drug-likeness (QED) is 0.664. The van der Waals surface area contributed by atoms with E-state index in [1.807, 2.05) is 0 Å². The number of hydrogen-bond acceptors (Lipinski definition) is 2. The molecule has 7 heteroatoms. The molecule has 2 nitrogen and oxygen atoms in total. The Balaban J connectivity index is 4.70. The SMILES string of the molecule is C[C@@H](N)C(F)(F)C(=O)C(F)(F)F. The first-order chi connectivity index (χ1) is 5.10. The molecule has 0 aromatic heterocycles. The molecule has 0 heterocycles. The molecule has 0 aromatic rings. The smallest absolute Gasteiger partial charge is 0.322 e. The maximum absolute atomic E-state index is 12.2. The standard InChI is InChI=1S/C5H6F5NO/c1-2(11)4(6,7)3(12)5(8,9)10/h2H,11H2,1H3/t2-/m1/s1. The lowest BCUT2D eigenvalue weighted by atomic mass is 10.1. The van der Waals surface area contributed by atoms with Crippen LogP contribution in [-0.4, -0.2) is 23.9 Å². The molecule has 2 N–H and O–H groups in total. The number of ketones is 1. The van der Waals surface area contributed by atoms with Crippen LogP contribution in [-0.2, 0) is 4.79 Å². The van der Waals surface area contributed by atoms with Crippen molar-refractivity contribution in [3.8, 4) is 0 Å². The van der Waals surface area contributed by atoms with Crippen LogP contribution in [0.2, 0.25) is 0 Å². The average Bonchev–Trinajstić information content (AvgIpc) is 1.83. The highest BCUT2D eigenvalue weighted by Crippen LogP contribution is 2.29. The van der Waals surface area contributed by atoms with E-state index in [1.54, 1.807) is 0 Å². The van der Waals surface area contributed by atoms with Crippen LogP contribution in [0.25, 0.3) is 0 Å². The molecule has 12 heavy (non-hydrogen) atoms. The van der Waals surface area contributed by atoms with Gasteiger partial charge in [0.2, 0.25) is 0 Å². The van der Waals surface area contributed by atoms with Gasteiger partial charge in [0.25, 0.3) is 0 Å². The van der Waals surface area contributed by atoms with Crippen LogP contribution in [0.5, 0.6) is 0 Å². The fourth-order valence-corrected chi connectivity index (χ4v) is 0.396. The van der Waals surface area contributed by atoms with Gasteiger partial charge in [-0.1, -0.05) is 0 Å². The number of Topliss-reactive ketones (excluding diaryl/α,β-unsaturated/α-hetero) is 1. The summed E-state index contributed by atoms with van der Waals surface area (Å²) < 4.78 is 58.7. The van der Waals surface area contributed by atoms with Crippen LogP contribution < -0.4 is 5.73 Å². The molecule has 1 atom stereocenters. The minimum absolute atomic E-state index is 0.629. The molecule has 0 rings (SSSR count). The first kappa shape index (κ1) is 11.3. The normalized spacial score (nSPS) is 15.9. The van der Waals surface area contributed by atoms with Crippen molar-refractivity contribution in [2.75, 3.05) is 0 Å². The topological polar surface area (TPSA) is 43.1 Å². The van der Waals surface area contributed by atoms with Crippen molar-refractivity contribution < 1.29 is 26.7 Å². The zero-order valence-electron chi connectivity index (χ0n) is 5.95. The van der Waals surface area contributed by atoms with Gasteiger partial charge in [0.05, 0.1) is 6.04 Å². The third kappa shape index (κ3) is 2.13. The van der Waals surface area contributed by atoms with Crippen molar-refractivity contribution in [3.05, 3.63) is 0 Å². The predicted octanol–water partition coefficient (Wildman–Crippen LogP) is 1.10. The van der Waals surface area contributed by atoms with E-state index >= 15 is 0 Å². The summed E-state index contributed by atoms with van der Waals surface area (Å²) in [5.74, 6) is -7.65. The highest BCUT2D eigenvalue weighted by Gasteiger charge is 2.56. The molecular formula is C5H6F5NO. The highest BCUT2D eigenvalue weighted by atomic mass is 19.4. The molecule has 0 spiro atoms. The van der Waals surface area contributed by atoms with Gasteiger partial charge in [0, 0.05) is 0 Å². The zero-order chi connectivity index (χ0) is 10.2. The van der Waals surface area contributed by atoms with Gasteiger partial charge in [-0.3, -0.25) is 4.79 Å². The number of alkyl halides is 5. The summed E-state index contributed by atoms with van der Waals surface area (Å²) in [7, 11) is 0. The molecule has 0 saturated heterocycles. The van der Waals surface area contributed by atoms with Crippen molar-refractivity contribution in [2.24, 2.45) is 5.73 Å². The average molecular weight is 191 g/mol. The first-order valence-corrected chi connectivity index (χ1v) is 2.85. The molecule has 0 aliphatic rings. The molecule has 0 aliphatic heterocycles. The van der Waals surface area contributed by atoms with Gasteiger partial charge < -0.3 is 5.73 Å². The number of rotatable bonds is 2. The third-order valence-corrected chi connectivity index (χ3v) is 1.13. The number of halogens is 5. The predicted molar refractivity (Wildman–Crippen MR) is 29.7 cm³/mol. The lowest BCUT2D eigenvalue weighted by molar-refractivity contribution is -0.197. The van der Waals surface area contributed by atoms with Gasteiger partial charge >= 0.3 is 17.9 Å². The van der Waals surface area contributed by atoms with E-state index in [1.165, 1.54) is 0 Å². The molecule has 0 aromatic carbocycles. The van der Waals surface area contributed by atoms with E-state index in [0.29, 0.717) is 6.92 Å². The molecule has 72 valence electrons. The Morgan fingerprint density at radius 1 is 1.25 bits per heavy atom. The summed E-state index contributed by atoms with van der Waals surface area (Å²) in [5, 5.41) is 0. The molecule has 0 bridgehead atoms. The summed E-state index contributed by atoms with van der Waals surface area (Å²) >= 11 is 0. The second kappa shape index (κ2) is 2.96. The minimum atomic E-state index is -5.54. The summed E-state index contributed by atoms with van der Waals surface area (Å²) in [6.45, 7) is 0.629. The Labute approximate surface area is 64.5 Å². The molecule has 0 amide bonds. The van der Waals surface area contributed by atoms with E-state index in [0.717, 1.165) is 0 Å². The highest BCUT2D eigenvalue weighted by molar-refractivity contribution is 5.91. The Bertz CT molecular complexity index is 185. The van der Waals surface area contributed by atoms with E-state index in [-0.39, 0.29) is 0 Å². The second-order valence-corrected chi connectivity index (χ2v) is 2.24. The fraction of sp³-hybridized carbons (Fsp3) is 0.800. The van der Waals surface area contributed by atoms with Gasteiger partial charge in [-0.2, -0.15) is 22.0 Å². The van der Waals surface area contributed by atoms with Crippen molar-refractivity contribution >= 4 is 5.78 Å². The molecular weight excluding hydrogens is 185 g/mol. The molecule has 0 unspecified atom stereocenters. The maximum atomic E-state index is 12.2.